The molecule has 0 aromatic rings. The largest absolute Gasteiger partial charge is 0.460 e. The van der Waals surface area contributed by atoms with Crippen LogP contribution in [-0.4, -0.2) is 48.2 Å². The predicted octanol–water partition coefficient (Wildman–Crippen LogP) is 0.636. The maximum absolute atomic E-state index is 10.6. The van der Waals surface area contributed by atoms with Crippen molar-refractivity contribution in [2.45, 2.75) is 6.55 Å². The molecule has 0 saturated heterocycles. The van der Waals surface area contributed by atoms with Crippen LogP contribution in [-0.2, 0) is 23.1 Å². The van der Waals surface area contributed by atoms with E-state index in [0.29, 0.717) is 12.8 Å². The van der Waals surface area contributed by atoms with E-state index < -0.39 is 14.5 Å². The Balaban J connectivity index is 3.53. The van der Waals surface area contributed by atoms with Crippen molar-refractivity contribution in [1.29, 1.82) is 0 Å². The van der Waals surface area contributed by atoms with Gasteiger partial charge in [-0.1, -0.05) is 6.58 Å². The quantitative estimate of drug-likeness (QED) is 0.267. The van der Waals surface area contributed by atoms with Crippen molar-refractivity contribution < 1.29 is 23.1 Å². The van der Waals surface area contributed by atoms with Gasteiger partial charge in [-0.05, 0) is 6.55 Å². The van der Waals surface area contributed by atoms with Crippen LogP contribution in [0.4, 0.5) is 0 Å². The number of ether oxygens (including phenoxy) is 2. The number of hydrogen-bond donors (Lipinski definition) is 0. The molecule has 0 aromatic carbocycles. The Labute approximate surface area is 91.2 Å². The lowest BCUT2D eigenvalue weighted by Gasteiger charge is -2.22. The highest BCUT2D eigenvalue weighted by Gasteiger charge is 2.28. The smallest absolute Gasteiger partial charge is 0.361 e. The first-order valence-electron chi connectivity index (χ1n) is 4.55. The summed E-state index contributed by atoms with van der Waals surface area (Å²) in [5.74, 6) is -0.447. The summed E-state index contributed by atoms with van der Waals surface area (Å²) in [6.07, 6.45) is 1.52. The minimum absolute atomic E-state index is 0.211. The van der Waals surface area contributed by atoms with Crippen LogP contribution in [0.3, 0.4) is 0 Å². The molecular weight excluding hydrogens is 216 g/mol. The number of rotatable bonds is 8. The fraction of sp³-hybridized carbons (Fsp3) is 0.667. The van der Waals surface area contributed by atoms with E-state index in [9.17, 15) is 4.79 Å². The van der Waals surface area contributed by atoms with E-state index in [1.165, 1.54) is 0 Å². The SMILES string of the molecule is C=CC(=O)OCCOC[Si](C)(OC)OC. The first kappa shape index (κ1) is 14.3. The molecule has 0 amide bonds. The molecule has 0 aliphatic carbocycles. The molecule has 0 N–H and O–H groups in total. The highest BCUT2D eigenvalue weighted by molar-refractivity contribution is 6.65. The highest BCUT2D eigenvalue weighted by atomic mass is 28.4. The van der Waals surface area contributed by atoms with Crippen molar-refractivity contribution >= 4 is 14.5 Å². The van der Waals surface area contributed by atoms with Crippen molar-refractivity contribution in [3.8, 4) is 0 Å². The van der Waals surface area contributed by atoms with Gasteiger partial charge in [-0.3, -0.25) is 0 Å². The molecule has 0 bridgehead atoms. The van der Waals surface area contributed by atoms with Crippen LogP contribution >= 0.6 is 0 Å². The molecule has 0 fully saturated rings. The average molecular weight is 234 g/mol. The van der Waals surface area contributed by atoms with Gasteiger partial charge >= 0.3 is 14.5 Å². The molecule has 0 rings (SSSR count). The van der Waals surface area contributed by atoms with Crippen LogP contribution in [0.5, 0.6) is 0 Å². The van der Waals surface area contributed by atoms with Crippen LogP contribution in [0.1, 0.15) is 0 Å². The first-order chi connectivity index (χ1) is 7.08. The molecule has 0 aromatic heterocycles. The van der Waals surface area contributed by atoms with Crippen LogP contribution in [0.2, 0.25) is 6.55 Å². The van der Waals surface area contributed by atoms with Crippen molar-refractivity contribution in [2.24, 2.45) is 0 Å². The van der Waals surface area contributed by atoms with Gasteiger partial charge in [0.2, 0.25) is 0 Å². The number of esters is 1. The number of carbonyl (C=O) groups is 1. The van der Waals surface area contributed by atoms with E-state index in [2.05, 4.69) is 6.58 Å². The molecule has 0 spiro atoms. The van der Waals surface area contributed by atoms with E-state index in [4.69, 9.17) is 18.3 Å². The van der Waals surface area contributed by atoms with Crippen molar-refractivity contribution in [3.05, 3.63) is 12.7 Å². The predicted molar refractivity (Wildman–Crippen MR) is 57.6 cm³/mol. The topological polar surface area (TPSA) is 54.0 Å². The Bertz CT molecular complexity index is 203. The molecule has 0 unspecified atom stereocenters. The molecule has 0 radical (unpaired) electrons. The van der Waals surface area contributed by atoms with Crippen LogP contribution in [0, 0.1) is 0 Å². The molecule has 0 aliphatic heterocycles. The van der Waals surface area contributed by atoms with Gasteiger partial charge in [-0.15, -0.1) is 0 Å². The van der Waals surface area contributed by atoms with Gasteiger partial charge in [0.25, 0.3) is 0 Å². The first-order valence-corrected chi connectivity index (χ1v) is 7.07. The van der Waals surface area contributed by atoms with E-state index in [1.54, 1.807) is 14.2 Å². The molecule has 0 saturated carbocycles. The Morgan fingerprint density at radius 2 is 1.93 bits per heavy atom. The van der Waals surface area contributed by atoms with E-state index in [1.807, 2.05) is 6.55 Å². The fourth-order valence-electron chi connectivity index (χ4n) is 0.719. The summed E-state index contributed by atoms with van der Waals surface area (Å²) in [5.41, 5.74) is 0. The molecule has 0 heterocycles. The Hall–Kier alpha value is -0.693. The summed E-state index contributed by atoms with van der Waals surface area (Å²) >= 11 is 0. The van der Waals surface area contributed by atoms with Gasteiger partial charge in [0.15, 0.2) is 0 Å². The second-order valence-electron chi connectivity index (χ2n) is 2.97. The van der Waals surface area contributed by atoms with Crippen LogP contribution in [0.25, 0.3) is 0 Å². The molecule has 15 heavy (non-hydrogen) atoms. The zero-order valence-electron chi connectivity index (χ0n) is 9.45. The molecule has 5 nitrogen and oxygen atoms in total. The van der Waals surface area contributed by atoms with Gasteiger partial charge in [-0.25, -0.2) is 4.79 Å². The lowest BCUT2D eigenvalue weighted by molar-refractivity contribution is -0.139. The minimum atomic E-state index is -2.17. The number of carbonyl (C=O) groups excluding carboxylic acids is 1. The lowest BCUT2D eigenvalue weighted by atomic mass is 10.6. The summed E-state index contributed by atoms with van der Waals surface area (Å²) in [6, 6.07) is 0. The van der Waals surface area contributed by atoms with Crippen molar-refractivity contribution in [1.82, 2.24) is 0 Å². The standard InChI is InChI=1S/C9H18O5Si/c1-5-9(10)14-7-6-13-8-15(4,11-2)12-3/h5H,1,6-8H2,2-4H3. The van der Waals surface area contributed by atoms with Gasteiger partial charge in [0.1, 0.15) is 6.61 Å². The van der Waals surface area contributed by atoms with Gasteiger partial charge in [0.05, 0.1) is 12.8 Å². The van der Waals surface area contributed by atoms with Crippen LogP contribution in [0.15, 0.2) is 12.7 Å². The maximum Gasteiger partial charge on any atom is 0.361 e. The monoisotopic (exact) mass is 234 g/mol. The van der Waals surface area contributed by atoms with Crippen molar-refractivity contribution in [3.63, 3.8) is 0 Å². The third-order valence-electron chi connectivity index (χ3n) is 1.87. The zero-order valence-corrected chi connectivity index (χ0v) is 10.4. The van der Waals surface area contributed by atoms with Crippen LogP contribution < -0.4 is 0 Å². The second kappa shape index (κ2) is 7.58. The molecule has 88 valence electrons. The normalized spacial score (nSPS) is 11.1. The lowest BCUT2D eigenvalue weighted by Crippen LogP contribution is -2.42. The number of hydrogen-bond acceptors (Lipinski definition) is 5. The van der Waals surface area contributed by atoms with Gasteiger partial charge in [0, 0.05) is 20.3 Å². The molecule has 6 heteroatoms. The molecule has 0 atom stereocenters. The Morgan fingerprint density at radius 1 is 1.33 bits per heavy atom. The van der Waals surface area contributed by atoms with Crippen molar-refractivity contribution in [2.75, 3.05) is 33.7 Å². The summed E-state index contributed by atoms with van der Waals surface area (Å²) < 4.78 is 20.4. The summed E-state index contributed by atoms with van der Waals surface area (Å²) in [4.78, 5) is 10.6. The Morgan fingerprint density at radius 3 is 2.40 bits per heavy atom. The van der Waals surface area contributed by atoms with E-state index >= 15 is 0 Å². The zero-order chi connectivity index (χ0) is 11.7. The Kier molecular flexibility index (Phi) is 7.23. The average Bonchev–Trinajstić information content (AvgIpc) is 2.27. The fourth-order valence-corrected chi connectivity index (χ4v) is 1.64. The minimum Gasteiger partial charge on any atom is -0.460 e. The summed E-state index contributed by atoms with van der Waals surface area (Å²) in [6.45, 7) is 5.71. The molecule has 0 aliphatic rings. The second-order valence-corrected chi connectivity index (χ2v) is 6.34. The van der Waals surface area contributed by atoms with Gasteiger partial charge in [-0.2, -0.15) is 0 Å². The maximum atomic E-state index is 10.6. The molecular formula is C9H18O5Si. The highest BCUT2D eigenvalue weighted by Crippen LogP contribution is 2.03. The van der Waals surface area contributed by atoms with E-state index in [0.717, 1.165) is 6.08 Å². The van der Waals surface area contributed by atoms with E-state index in [-0.39, 0.29) is 6.61 Å². The summed E-state index contributed by atoms with van der Waals surface area (Å²) in [7, 11) is 1.02. The summed E-state index contributed by atoms with van der Waals surface area (Å²) in [5, 5.41) is 0. The third-order valence-corrected chi connectivity index (χ3v) is 4.32. The van der Waals surface area contributed by atoms with Gasteiger partial charge < -0.3 is 18.3 Å². The third kappa shape index (κ3) is 6.40.